The van der Waals surface area contributed by atoms with Crippen LogP contribution in [0.1, 0.15) is 19.8 Å². The molecule has 1 amide bonds. The van der Waals surface area contributed by atoms with E-state index in [0.29, 0.717) is 11.4 Å². The predicted octanol–water partition coefficient (Wildman–Crippen LogP) is 0.891. The third-order valence-corrected chi connectivity index (χ3v) is 6.22. The van der Waals surface area contributed by atoms with Gasteiger partial charge in [-0.2, -0.15) is 4.31 Å². The van der Waals surface area contributed by atoms with Crippen molar-refractivity contribution in [3.8, 4) is 5.75 Å². The molecule has 1 fully saturated rings. The van der Waals surface area contributed by atoms with Crippen LogP contribution in [-0.4, -0.2) is 48.9 Å². The van der Waals surface area contributed by atoms with E-state index in [9.17, 15) is 18.0 Å². The highest BCUT2D eigenvalue weighted by molar-refractivity contribution is 7.89. The molecule has 2 aliphatic rings. The molecule has 3 rings (SSSR count). The number of carbonyl (C=O) groups is 2. The van der Waals surface area contributed by atoms with Gasteiger partial charge in [-0.3, -0.25) is 9.59 Å². The lowest BCUT2D eigenvalue weighted by Crippen LogP contribution is -2.40. The summed E-state index contributed by atoms with van der Waals surface area (Å²) in [5, 5.41) is 11.6. The third-order valence-electron chi connectivity index (χ3n) is 4.32. The van der Waals surface area contributed by atoms with Crippen LogP contribution in [0.15, 0.2) is 23.1 Å². The van der Waals surface area contributed by atoms with Gasteiger partial charge in [0.2, 0.25) is 10.0 Å². The molecular formula is C15H18N2O6S. The number of aliphatic carboxylic acids is 1. The molecule has 0 radical (unpaired) electrons. The van der Waals surface area contributed by atoms with E-state index >= 15 is 0 Å². The molecule has 130 valence electrons. The SMILES string of the molecule is CC1Oc2ccc(S(=O)(=O)N3CCC(C(=O)O)CC3)cc2NC1=O. The fourth-order valence-corrected chi connectivity index (χ4v) is 4.34. The molecule has 0 aliphatic carbocycles. The number of carboxylic acids is 1. The van der Waals surface area contributed by atoms with Crippen LogP contribution < -0.4 is 10.1 Å². The fraction of sp³-hybridized carbons (Fsp3) is 0.467. The van der Waals surface area contributed by atoms with Crippen molar-refractivity contribution in [3.05, 3.63) is 18.2 Å². The van der Waals surface area contributed by atoms with Crippen molar-refractivity contribution in [2.75, 3.05) is 18.4 Å². The Morgan fingerprint density at radius 2 is 2.00 bits per heavy atom. The van der Waals surface area contributed by atoms with Gasteiger partial charge in [-0.25, -0.2) is 8.42 Å². The van der Waals surface area contributed by atoms with E-state index in [1.54, 1.807) is 6.92 Å². The van der Waals surface area contributed by atoms with Crippen molar-refractivity contribution in [1.82, 2.24) is 4.31 Å². The van der Waals surface area contributed by atoms with Crippen molar-refractivity contribution in [1.29, 1.82) is 0 Å². The average Bonchev–Trinajstić information content (AvgIpc) is 2.55. The summed E-state index contributed by atoms with van der Waals surface area (Å²) in [6.45, 7) is 1.93. The Morgan fingerprint density at radius 3 is 2.62 bits per heavy atom. The Labute approximate surface area is 139 Å². The van der Waals surface area contributed by atoms with Gasteiger partial charge in [0.25, 0.3) is 5.91 Å². The predicted molar refractivity (Wildman–Crippen MR) is 84.3 cm³/mol. The summed E-state index contributed by atoms with van der Waals surface area (Å²) >= 11 is 0. The number of nitrogens with zero attached hydrogens (tertiary/aromatic N) is 1. The molecule has 1 atom stereocenters. The maximum atomic E-state index is 12.7. The zero-order valence-corrected chi connectivity index (χ0v) is 13.9. The second-order valence-corrected chi connectivity index (χ2v) is 7.86. The molecule has 0 spiro atoms. The Hall–Kier alpha value is -2.13. The monoisotopic (exact) mass is 354 g/mol. The van der Waals surface area contributed by atoms with E-state index in [2.05, 4.69) is 5.32 Å². The van der Waals surface area contributed by atoms with Crippen molar-refractivity contribution in [3.63, 3.8) is 0 Å². The highest BCUT2D eigenvalue weighted by Crippen LogP contribution is 2.33. The largest absolute Gasteiger partial charge is 0.481 e. The van der Waals surface area contributed by atoms with E-state index in [4.69, 9.17) is 9.84 Å². The first kappa shape index (κ1) is 16.7. The molecule has 1 aromatic carbocycles. The number of carboxylic acid groups (broad SMARTS) is 1. The molecule has 24 heavy (non-hydrogen) atoms. The Kier molecular flexibility index (Phi) is 4.22. The number of amides is 1. The van der Waals surface area contributed by atoms with Crippen molar-refractivity contribution >= 4 is 27.6 Å². The lowest BCUT2D eigenvalue weighted by molar-refractivity contribution is -0.142. The van der Waals surface area contributed by atoms with E-state index in [1.165, 1.54) is 22.5 Å². The van der Waals surface area contributed by atoms with Crippen LogP contribution >= 0.6 is 0 Å². The number of sulfonamides is 1. The van der Waals surface area contributed by atoms with E-state index in [0.717, 1.165) is 0 Å². The summed E-state index contributed by atoms with van der Waals surface area (Å²) < 4.78 is 32.1. The smallest absolute Gasteiger partial charge is 0.306 e. The Balaban J connectivity index is 1.82. The quantitative estimate of drug-likeness (QED) is 0.833. The standard InChI is InChI=1S/C15H18N2O6S/c1-9-14(18)16-12-8-11(2-3-13(12)23-9)24(21,22)17-6-4-10(5-7-17)15(19)20/h2-3,8-10H,4-7H2,1H3,(H,16,18)(H,19,20). The first-order valence-corrected chi connectivity index (χ1v) is 9.07. The minimum Gasteiger partial charge on any atom is -0.481 e. The fourth-order valence-electron chi connectivity index (χ4n) is 2.84. The number of benzene rings is 1. The van der Waals surface area contributed by atoms with Crippen LogP contribution in [0.4, 0.5) is 5.69 Å². The normalized spacial score (nSPS) is 22.4. The topological polar surface area (TPSA) is 113 Å². The van der Waals surface area contributed by atoms with Gasteiger partial charge in [0.05, 0.1) is 16.5 Å². The zero-order valence-electron chi connectivity index (χ0n) is 13.1. The first-order valence-electron chi connectivity index (χ1n) is 7.63. The lowest BCUT2D eigenvalue weighted by Gasteiger charge is -2.30. The van der Waals surface area contributed by atoms with Crippen LogP contribution in [0.5, 0.6) is 5.75 Å². The zero-order chi connectivity index (χ0) is 17.5. The van der Waals surface area contributed by atoms with Crippen LogP contribution in [0.2, 0.25) is 0 Å². The molecule has 1 unspecified atom stereocenters. The lowest BCUT2D eigenvalue weighted by atomic mass is 9.99. The van der Waals surface area contributed by atoms with E-state index in [1.807, 2.05) is 0 Å². The molecule has 8 nitrogen and oxygen atoms in total. The average molecular weight is 354 g/mol. The molecule has 9 heteroatoms. The number of hydrogen-bond acceptors (Lipinski definition) is 5. The summed E-state index contributed by atoms with van der Waals surface area (Å²) in [5.41, 5.74) is 0.319. The molecular weight excluding hydrogens is 336 g/mol. The molecule has 2 N–H and O–H groups in total. The number of ether oxygens (including phenoxy) is 1. The second kappa shape index (κ2) is 6.06. The Morgan fingerprint density at radius 1 is 1.33 bits per heavy atom. The van der Waals surface area contributed by atoms with Crippen LogP contribution in [-0.2, 0) is 19.6 Å². The van der Waals surface area contributed by atoms with Gasteiger partial charge in [0, 0.05) is 13.1 Å². The van der Waals surface area contributed by atoms with E-state index in [-0.39, 0.29) is 36.7 Å². The van der Waals surface area contributed by atoms with Crippen molar-refractivity contribution < 1.29 is 27.9 Å². The minimum atomic E-state index is -3.74. The van der Waals surface area contributed by atoms with Gasteiger partial charge in [0.15, 0.2) is 6.10 Å². The molecule has 2 aliphatic heterocycles. The number of carbonyl (C=O) groups excluding carboxylic acids is 1. The maximum absolute atomic E-state index is 12.7. The number of piperidine rings is 1. The van der Waals surface area contributed by atoms with Gasteiger partial charge in [-0.05, 0) is 38.0 Å². The number of hydrogen-bond donors (Lipinski definition) is 2. The van der Waals surface area contributed by atoms with Gasteiger partial charge in [0.1, 0.15) is 5.75 Å². The maximum Gasteiger partial charge on any atom is 0.306 e. The summed E-state index contributed by atoms with van der Waals surface area (Å²) in [4.78, 5) is 22.7. The Bertz CT molecular complexity index is 783. The minimum absolute atomic E-state index is 0.0495. The summed E-state index contributed by atoms with van der Waals surface area (Å²) in [6, 6.07) is 4.32. The van der Waals surface area contributed by atoms with Gasteiger partial charge in [-0.15, -0.1) is 0 Å². The third kappa shape index (κ3) is 2.96. The number of rotatable bonds is 3. The van der Waals surface area contributed by atoms with Crippen molar-refractivity contribution in [2.24, 2.45) is 5.92 Å². The molecule has 2 heterocycles. The highest BCUT2D eigenvalue weighted by Gasteiger charge is 2.33. The molecule has 0 saturated carbocycles. The molecule has 0 aromatic heterocycles. The van der Waals surface area contributed by atoms with Crippen LogP contribution in [0, 0.1) is 5.92 Å². The number of nitrogens with one attached hydrogen (secondary N) is 1. The first-order chi connectivity index (χ1) is 11.3. The van der Waals surface area contributed by atoms with Gasteiger partial charge >= 0.3 is 5.97 Å². The van der Waals surface area contributed by atoms with Gasteiger partial charge in [-0.1, -0.05) is 0 Å². The van der Waals surface area contributed by atoms with Crippen LogP contribution in [0.3, 0.4) is 0 Å². The van der Waals surface area contributed by atoms with Gasteiger partial charge < -0.3 is 15.2 Å². The second-order valence-electron chi connectivity index (χ2n) is 5.92. The summed E-state index contributed by atoms with van der Waals surface area (Å²) in [5.74, 6) is -1.31. The van der Waals surface area contributed by atoms with Crippen molar-refractivity contribution in [2.45, 2.75) is 30.8 Å². The highest BCUT2D eigenvalue weighted by atomic mass is 32.2. The summed E-state index contributed by atoms with van der Waals surface area (Å²) in [7, 11) is -3.74. The molecule has 0 bridgehead atoms. The number of fused-ring (bicyclic) bond motifs is 1. The van der Waals surface area contributed by atoms with Crippen LogP contribution in [0.25, 0.3) is 0 Å². The number of anilines is 1. The summed E-state index contributed by atoms with van der Waals surface area (Å²) in [6.07, 6.45) is -0.0525. The van der Waals surface area contributed by atoms with E-state index < -0.39 is 28.0 Å². The molecule has 1 aromatic rings. The molecule has 1 saturated heterocycles.